The molecule has 0 radical (unpaired) electrons. The number of hydrogen-bond acceptors (Lipinski definition) is 2. The van der Waals surface area contributed by atoms with Crippen LogP contribution in [0, 0.1) is 5.92 Å². The van der Waals surface area contributed by atoms with E-state index >= 15 is 0 Å². The number of rotatable bonds is 2. The molecule has 0 amide bonds. The molecular formula is C10H12Cl2N2. The smallest absolute Gasteiger partial charge is 0.0822 e. The topological polar surface area (TPSA) is 16.1 Å². The van der Waals surface area contributed by atoms with Gasteiger partial charge in [-0.15, -0.1) is 11.6 Å². The molecule has 1 aromatic rings. The molecule has 2 rings (SSSR count). The molecule has 2 heterocycles. The molecule has 0 spiro atoms. The zero-order valence-corrected chi connectivity index (χ0v) is 9.30. The summed E-state index contributed by atoms with van der Waals surface area (Å²) in [5.74, 6) is 1.33. The predicted octanol–water partition coefficient (Wildman–Crippen LogP) is 2.80. The van der Waals surface area contributed by atoms with Crippen molar-refractivity contribution >= 4 is 28.9 Å². The van der Waals surface area contributed by atoms with Gasteiger partial charge in [-0.2, -0.15) is 0 Å². The minimum Gasteiger partial charge on any atom is -0.370 e. The molecule has 1 aromatic heterocycles. The summed E-state index contributed by atoms with van der Waals surface area (Å²) in [6.07, 6.45) is 4.61. The molecule has 0 N–H and O–H groups in total. The van der Waals surface area contributed by atoms with E-state index in [-0.39, 0.29) is 0 Å². The van der Waals surface area contributed by atoms with E-state index in [1.165, 1.54) is 0 Å². The lowest BCUT2D eigenvalue weighted by molar-refractivity contribution is 0.667. The van der Waals surface area contributed by atoms with E-state index in [2.05, 4.69) is 9.88 Å². The van der Waals surface area contributed by atoms with E-state index in [1.807, 2.05) is 6.07 Å². The predicted molar refractivity (Wildman–Crippen MR) is 60.3 cm³/mol. The Labute approximate surface area is 93.8 Å². The largest absolute Gasteiger partial charge is 0.370 e. The molecule has 0 bridgehead atoms. The Hall–Kier alpha value is -0.470. The average molecular weight is 231 g/mol. The minimum atomic E-state index is 0.598. The van der Waals surface area contributed by atoms with Crippen molar-refractivity contribution < 1.29 is 0 Å². The van der Waals surface area contributed by atoms with E-state index in [0.29, 0.717) is 5.92 Å². The lowest BCUT2D eigenvalue weighted by Gasteiger charge is -2.19. The highest BCUT2D eigenvalue weighted by Crippen LogP contribution is 2.29. The molecule has 1 aliphatic rings. The van der Waals surface area contributed by atoms with Crippen LogP contribution in [0.25, 0.3) is 0 Å². The lowest BCUT2D eigenvalue weighted by atomic mass is 10.2. The normalized spacial score (nSPS) is 21.6. The highest BCUT2D eigenvalue weighted by molar-refractivity contribution is 6.33. The molecule has 14 heavy (non-hydrogen) atoms. The second-order valence-electron chi connectivity index (χ2n) is 3.58. The summed E-state index contributed by atoms with van der Waals surface area (Å²) in [6, 6.07) is 1.96. The van der Waals surface area contributed by atoms with Crippen LogP contribution in [0.5, 0.6) is 0 Å². The third-order valence-electron chi connectivity index (χ3n) is 2.60. The number of pyridine rings is 1. The van der Waals surface area contributed by atoms with Crippen LogP contribution in [0.2, 0.25) is 5.02 Å². The maximum absolute atomic E-state index is 6.06. The first-order valence-corrected chi connectivity index (χ1v) is 5.63. The fourth-order valence-corrected chi connectivity index (χ4v) is 2.29. The third-order valence-corrected chi connectivity index (χ3v) is 3.32. The Morgan fingerprint density at radius 3 is 3.07 bits per heavy atom. The molecule has 76 valence electrons. The van der Waals surface area contributed by atoms with Gasteiger partial charge in [-0.25, -0.2) is 0 Å². The molecular weight excluding hydrogens is 219 g/mol. The number of halogens is 2. The highest BCUT2D eigenvalue weighted by atomic mass is 35.5. The Morgan fingerprint density at radius 2 is 2.43 bits per heavy atom. The molecule has 1 unspecified atom stereocenters. The Kier molecular flexibility index (Phi) is 3.14. The van der Waals surface area contributed by atoms with E-state index in [1.54, 1.807) is 12.4 Å². The molecule has 1 atom stereocenters. The summed E-state index contributed by atoms with van der Waals surface area (Å²) in [6.45, 7) is 2.05. The van der Waals surface area contributed by atoms with E-state index < -0.39 is 0 Å². The summed E-state index contributed by atoms with van der Waals surface area (Å²) in [5, 5.41) is 0.725. The fourth-order valence-electron chi connectivity index (χ4n) is 1.80. The number of anilines is 1. The van der Waals surface area contributed by atoms with Crippen LogP contribution in [-0.4, -0.2) is 24.0 Å². The van der Waals surface area contributed by atoms with Gasteiger partial charge in [-0.1, -0.05) is 11.6 Å². The fraction of sp³-hybridized carbons (Fsp3) is 0.500. The Balaban J connectivity index is 2.13. The maximum Gasteiger partial charge on any atom is 0.0822 e. The van der Waals surface area contributed by atoms with Crippen molar-refractivity contribution in [1.82, 2.24) is 4.98 Å². The first-order valence-electron chi connectivity index (χ1n) is 4.71. The van der Waals surface area contributed by atoms with Crippen molar-refractivity contribution in [2.45, 2.75) is 6.42 Å². The van der Waals surface area contributed by atoms with Crippen LogP contribution in [0.3, 0.4) is 0 Å². The van der Waals surface area contributed by atoms with Crippen molar-refractivity contribution in [2.24, 2.45) is 5.92 Å². The van der Waals surface area contributed by atoms with Gasteiger partial charge >= 0.3 is 0 Å². The number of hydrogen-bond donors (Lipinski definition) is 0. The quantitative estimate of drug-likeness (QED) is 0.727. The van der Waals surface area contributed by atoms with Crippen molar-refractivity contribution in [3.8, 4) is 0 Å². The van der Waals surface area contributed by atoms with E-state index in [9.17, 15) is 0 Å². The van der Waals surface area contributed by atoms with Crippen molar-refractivity contribution in [3.63, 3.8) is 0 Å². The van der Waals surface area contributed by atoms with Crippen LogP contribution >= 0.6 is 23.2 Å². The average Bonchev–Trinajstić information content (AvgIpc) is 2.67. The third kappa shape index (κ3) is 1.96. The molecule has 2 nitrogen and oxygen atoms in total. The van der Waals surface area contributed by atoms with Gasteiger partial charge in [0.05, 0.1) is 10.7 Å². The van der Waals surface area contributed by atoms with Crippen molar-refractivity contribution in [1.29, 1.82) is 0 Å². The van der Waals surface area contributed by atoms with E-state index in [0.717, 1.165) is 36.1 Å². The molecule has 0 aromatic carbocycles. The van der Waals surface area contributed by atoms with Crippen LogP contribution in [-0.2, 0) is 0 Å². The van der Waals surface area contributed by atoms with Gasteiger partial charge in [-0.05, 0) is 18.4 Å². The Morgan fingerprint density at radius 1 is 1.57 bits per heavy atom. The first kappa shape index (κ1) is 10.1. The van der Waals surface area contributed by atoms with Gasteiger partial charge in [0.25, 0.3) is 0 Å². The van der Waals surface area contributed by atoms with Gasteiger partial charge < -0.3 is 4.90 Å². The summed E-state index contributed by atoms with van der Waals surface area (Å²) >= 11 is 11.9. The standard InChI is InChI=1S/C10H12Cl2N2/c11-5-8-2-4-14(7-8)10-1-3-13-6-9(10)12/h1,3,6,8H,2,4-5,7H2. The maximum atomic E-state index is 6.06. The first-order chi connectivity index (χ1) is 6.81. The minimum absolute atomic E-state index is 0.598. The molecule has 0 aliphatic carbocycles. The lowest BCUT2D eigenvalue weighted by Crippen LogP contribution is -2.20. The summed E-state index contributed by atoms with van der Waals surface area (Å²) in [7, 11) is 0. The summed E-state index contributed by atoms with van der Waals surface area (Å²) in [5.41, 5.74) is 1.08. The molecule has 1 fully saturated rings. The van der Waals surface area contributed by atoms with Crippen molar-refractivity contribution in [2.75, 3.05) is 23.9 Å². The van der Waals surface area contributed by atoms with Gasteiger partial charge in [0.2, 0.25) is 0 Å². The van der Waals surface area contributed by atoms with Crippen LogP contribution in [0.15, 0.2) is 18.5 Å². The summed E-state index contributed by atoms with van der Waals surface area (Å²) < 4.78 is 0. The van der Waals surface area contributed by atoms with Crippen LogP contribution in [0.4, 0.5) is 5.69 Å². The van der Waals surface area contributed by atoms with E-state index in [4.69, 9.17) is 23.2 Å². The van der Waals surface area contributed by atoms with Crippen LogP contribution in [0.1, 0.15) is 6.42 Å². The molecule has 1 aliphatic heterocycles. The molecule has 1 saturated heterocycles. The summed E-state index contributed by atoms with van der Waals surface area (Å²) in [4.78, 5) is 6.25. The number of alkyl halides is 1. The SMILES string of the molecule is ClCC1CCN(c2ccncc2Cl)C1. The highest BCUT2D eigenvalue weighted by Gasteiger charge is 2.22. The number of nitrogens with zero attached hydrogens (tertiary/aromatic N) is 2. The van der Waals surface area contributed by atoms with Gasteiger partial charge in [0, 0.05) is 31.4 Å². The second kappa shape index (κ2) is 4.37. The monoisotopic (exact) mass is 230 g/mol. The molecule has 0 saturated carbocycles. The zero-order chi connectivity index (χ0) is 9.97. The van der Waals surface area contributed by atoms with Gasteiger partial charge in [0.15, 0.2) is 0 Å². The van der Waals surface area contributed by atoms with Gasteiger partial charge in [0.1, 0.15) is 0 Å². The second-order valence-corrected chi connectivity index (χ2v) is 4.30. The van der Waals surface area contributed by atoms with Gasteiger partial charge in [-0.3, -0.25) is 4.98 Å². The van der Waals surface area contributed by atoms with Crippen LogP contribution < -0.4 is 4.90 Å². The molecule has 4 heteroatoms. The number of aromatic nitrogens is 1. The zero-order valence-electron chi connectivity index (χ0n) is 7.79. The van der Waals surface area contributed by atoms with Crippen molar-refractivity contribution in [3.05, 3.63) is 23.5 Å². The Bertz CT molecular complexity index is 317.